The van der Waals surface area contributed by atoms with Crippen LogP contribution in [0.15, 0.2) is 24.3 Å². The van der Waals surface area contributed by atoms with Gasteiger partial charge in [0.2, 0.25) is 0 Å². The first-order valence-electron chi connectivity index (χ1n) is 5.08. The van der Waals surface area contributed by atoms with Crippen LogP contribution in [0.2, 0.25) is 5.15 Å². The molecule has 0 saturated heterocycles. The monoisotopic (exact) mass is 231 g/mol. The van der Waals surface area contributed by atoms with Crippen molar-refractivity contribution in [2.24, 2.45) is 0 Å². The number of aromatic nitrogens is 3. The predicted octanol–water partition coefficient (Wildman–Crippen LogP) is 3.15. The molecule has 16 heavy (non-hydrogen) atoms. The number of hydrogen-bond acceptors (Lipinski definition) is 2. The van der Waals surface area contributed by atoms with Gasteiger partial charge in [-0.1, -0.05) is 23.7 Å². The standard InChI is InChI=1S/C12H10ClN3/c1-7-12-15-11(13)9-5-3-4-6-10(9)16(12)8(2)14-7/h3-6H,1-2H3. The van der Waals surface area contributed by atoms with E-state index in [1.807, 2.05) is 42.5 Å². The van der Waals surface area contributed by atoms with E-state index in [2.05, 4.69) is 9.97 Å². The first kappa shape index (κ1) is 9.60. The lowest BCUT2D eigenvalue weighted by Gasteiger charge is -2.04. The summed E-state index contributed by atoms with van der Waals surface area (Å²) in [6, 6.07) is 7.95. The average Bonchev–Trinajstić information content (AvgIpc) is 2.55. The minimum absolute atomic E-state index is 0.533. The van der Waals surface area contributed by atoms with Gasteiger partial charge in [-0.25, -0.2) is 9.97 Å². The van der Waals surface area contributed by atoms with Gasteiger partial charge in [-0.05, 0) is 26.0 Å². The van der Waals surface area contributed by atoms with Gasteiger partial charge in [0.25, 0.3) is 0 Å². The molecule has 80 valence electrons. The number of para-hydroxylation sites is 1. The lowest BCUT2D eigenvalue weighted by molar-refractivity contribution is 1.06. The summed E-state index contributed by atoms with van der Waals surface area (Å²) in [4.78, 5) is 8.81. The van der Waals surface area contributed by atoms with Gasteiger partial charge in [-0.2, -0.15) is 0 Å². The van der Waals surface area contributed by atoms with E-state index < -0.39 is 0 Å². The molecule has 0 atom stereocenters. The fourth-order valence-electron chi connectivity index (χ4n) is 2.07. The van der Waals surface area contributed by atoms with Gasteiger partial charge in [0, 0.05) is 5.39 Å². The Morgan fingerprint density at radius 1 is 1.12 bits per heavy atom. The highest BCUT2D eigenvalue weighted by Gasteiger charge is 2.11. The van der Waals surface area contributed by atoms with Gasteiger partial charge in [0.1, 0.15) is 11.0 Å². The number of aryl methyl sites for hydroxylation is 2. The van der Waals surface area contributed by atoms with Crippen molar-refractivity contribution in [3.8, 4) is 0 Å². The van der Waals surface area contributed by atoms with Crippen molar-refractivity contribution in [1.29, 1.82) is 0 Å². The fraction of sp³-hybridized carbons (Fsp3) is 0.167. The van der Waals surface area contributed by atoms with Gasteiger partial charge in [-0.15, -0.1) is 0 Å². The smallest absolute Gasteiger partial charge is 0.161 e. The molecule has 2 aromatic heterocycles. The van der Waals surface area contributed by atoms with Crippen molar-refractivity contribution in [3.05, 3.63) is 40.9 Å². The third-order valence-electron chi connectivity index (χ3n) is 2.76. The number of imidazole rings is 1. The first-order chi connectivity index (χ1) is 7.68. The summed E-state index contributed by atoms with van der Waals surface area (Å²) in [5, 5.41) is 1.49. The largest absolute Gasteiger partial charge is 0.280 e. The molecule has 0 bridgehead atoms. The molecule has 0 amide bonds. The molecule has 0 saturated carbocycles. The molecule has 2 heterocycles. The van der Waals surface area contributed by atoms with Crippen LogP contribution in [0.5, 0.6) is 0 Å². The third kappa shape index (κ3) is 1.15. The number of halogens is 1. The van der Waals surface area contributed by atoms with Gasteiger partial charge < -0.3 is 0 Å². The molecule has 0 fully saturated rings. The minimum atomic E-state index is 0.533. The van der Waals surface area contributed by atoms with Crippen molar-refractivity contribution in [1.82, 2.24) is 14.4 Å². The number of hydrogen-bond donors (Lipinski definition) is 0. The minimum Gasteiger partial charge on any atom is -0.280 e. The van der Waals surface area contributed by atoms with E-state index >= 15 is 0 Å². The van der Waals surface area contributed by atoms with Crippen molar-refractivity contribution in [3.63, 3.8) is 0 Å². The van der Waals surface area contributed by atoms with E-state index in [4.69, 9.17) is 11.6 Å². The van der Waals surface area contributed by atoms with Crippen LogP contribution in [0.1, 0.15) is 11.5 Å². The lowest BCUT2D eigenvalue weighted by atomic mass is 10.2. The van der Waals surface area contributed by atoms with E-state index in [1.165, 1.54) is 0 Å². The maximum atomic E-state index is 6.17. The quantitative estimate of drug-likeness (QED) is 0.557. The Balaban J connectivity index is 2.67. The van der Waals surface area contributed by atoms with E-state index in [1.54, 1.807) is 0 Å². The first-order valence-corrected chi connectivity index (χ1v) is 5.46. The summed E-state index contributed by atoms with van der Waals surface area (Å²) in [5.41, 5.74) is 2.79. The molecule has 4 heteroatoms. The van der Waals surface area contributed by atoms with Crippen LogP contribution in [0, 0.1) is 13.8 Å². The summed E-state index contributed by atoms with van der Waals surface area (Å²) >= 11 is 6.17. The molecular weight excluding hydrogens is 222 g/mol. The van der Waals surface area contributed by atoms with Crippen LogP contribution >= 0.6 is 11.6 Å². The van der Waals surface area contributed by atoms with Crippen LogP contribution in [0.4, 0.5) is 0 Å². The topological polar surface area (TPSA) is 30.2 Å². The highest BCUT2D eigenvalue weighted by Crippen LogP contribution is 2.25. The average molecular weight is 232 g/mol. The zero-order valence-electron chi connectivity index (χ0n) is 9.03. The molecular formula is C12H10ClN3. The molecule has 3 aromatic rings. The van der Waals surface area contributed by atoms with Crippen LogP contribution in [-0.4, -0.2) is 14.4 Å². The van der Waals surface area contributed by atoms with E-state index in [9.17, 15) is 0 Å². The van der Waals surface area contributed by atoms with Crippen molar-refractivity contribution in [2.75, 3.05) is 0 Å². The Hall–Kier alpha value is -1.61. The number of rotatable bonds is 0. The Bertz CT molecular complexity index is 700. The molecule has 0 spiro atoms. The highest BCUT2D eigenvalue weighted by molar-refractivity contribution is 6.34. The zero-order valence-corrected chi connectivity index (χ0v) is 9.78. The zero-order chi connectivity index (χ0) is 11.3. The SMILES string of the molecule is Cc1nc(C)n2c1nc(Cl)c1ccccc12. The van der Waals surface area contributed by atoms with E-state index in [0.29, 0.717) is 5.15 Å². The van der Waals surface area contributed by atoms with E-state index in [0.717, 1.165) is 28.1 Å². The Morgan fingerprint density at radius 2 is 1.88 bits per heavy atom. The summed E-state index contributed by atoms with van der Waals surface area (Å²) in [7, 11) is 0. The van der Waals surface area contributed by atoms with Crippen LogP contribution in [0.3, 0.4) is 0 Å². The Labute approximate surface area is 97.7 Å². The van der Waals surface area contributed by atoms with Crippen LogP contribution < -0.4 is 0 Å². The normalized spacial score (nSPS) is 11.4. The van der Waals surface area contributed by atoms with Gasteiger partial charge in [0.05, 0.1) is 11.2 Å². The summed E-state index contributed by atoms with van der Waals surface area (Å²) < 4.78 is 2.04. The maximum absolute atomic E-state index is 6.17. The van der Waals surface area contributed by atoms with E-state index in [-0.39, 0.29) is 0 Å². The highest BCUT2D eigenvalue weighted by atomic mass is 35.5. The fourth-order valence-corrected chi connectivity index (χ4v) is 2.31. The summed E-state index contributed by atoms with van der Waals surface area (Å²) in [6.45, 7) is 3.92. The second-order valence-electron chi connectivity index (χ2n) is 3.82. The van der Waals surface area contributed by atoms with Crippen molar-refractivity contribution < 1.29 is 0 Å². The van der Waals surface area contributed by atoms with Crippen LogP contribution in [-0.2, 0) is 0 Å². The molecule has 0 aliphatic rings. The predicted molar refractivity (Wildman–Crippen MR) is 65.0 cm³/mol. The summed E-state index contributed by atoms with van der Waals surface area (Å²) in [5.74, 6) is 0.938. The maximum Gasteiger partial charge on any atom is 0.161 e. The van der Waals surface area contributed by atoms with Gasteiger partial charge >= 0.3 is 0 Å². The molecule has 0 N–H and O–H groups in total. The molecule has 3 nitrogen and oxygen atoms in total. The second kappa shape index (κ2) is 3.19. The molecule has 0 aliphatic carbocycles. The van der Waals surface area contributed by atoms with Gasteiger partial charge in [-0.3, -0.25) is 4.40 Å². The molecule has 1 aromatic carbocycles. The number of nitrogens with zero attached hydrogens (tertiary/aromatic N) is 3. The Kier molecular flexibility index (Phi) is 1.91. The lowest BCUT2D eigenvalue weighted by Crippen LogP contribution is -1.94. The van der Waals surface area contributed by atoms with Crippen molar-refractivity contribution in [2.45, 2.75) is 13.8 Å². The van der Waals surface area contributed by atoms with Gasteiger partial charge in [0.15, 0.2) is 5.65 Å². The Morgan fingerprint density at radius 3 is 2.69 bits per heavy atom. The second-order valence-corrected chi connectivity index (χ2v) is 4.18. The van der Waals surface area contributed by atoms with Crippen LogP contribution in [0.25, 0.3) is 16.6 Å². The molecule has 0 aliphatic heterocycles. The third-order valence-corrected chi connectivity index (χ3v) is 3.05. The number of fused-ring (bicyclic) bond motifs is 3. The molecule has 0 unspecified atom stereocenters. The molecule has 3 rings (SSSR count). The molecule has 0 radical (unpaired) electrons. The van der Waals surface area contributed by atoms with Crippen molar-refractivity contribution >= 4 is 28.2 Å². The number of benzene rings is 1. The summed E-state index contributed by atoms with van der Waals surface area (Å²) in [6.07, 6.45) is 0.